The molecule has 3 fully saturated rings. The summed E-state index contributed by atoms with van der Waals surface area (Å²) in [5.74, 6) is 3.66. The van der Waals surface area contributed by atoms with Crippen LogP contribution >= 0.6 is 0 Å². The van der Waals surface area contributed by atoms with Crippen molar-refractivity contribution in [3.63, 3.8) is 0 Å². The summed E-state index contributed by atoms with van der Waals surface area (Å²) >= 11 is 0. The summed E-state index contributed by atoms with van der Waals surface area (Å²) in [6.07, 6.45) is 6.10. The highest BCUT2D eigenvalue weighted by atomic mass is 16.5. The molecule has 4 aromatic heterocycles. The molecule has 5 heterocycles. The Morgan fingerprint density at radius 3 is 2.59 bits per heavy atom. The lowest BCUT2D eigenvalue weighted by Crippen LogP contribution is -2.41. The zero-order valence-corrected chi connectivity index (χ0v) is 25.0. The van der Waals surface area contributed by atoms with Crippen molar-refractivity contribution in [1.82, 2.24) is 34.0 Å². The average molecular weight is 594 g/mol. The van der Waals surface area contributed by atoms with E-state index < -0.39 is 0 Å². The van der Waals surface area contributed by atoms with Crippen LogP contribution in [0.5, 0.6) is 11.8 Å². The number of piperidine rings is 1. The number of anilines is 2. The van der Waals surface area contributed by atoms with Gasteiger partial charge in [-0.3, -0.25) is 4.79 Å². The van der Waals surface area contributed by atoms with Crippen molar-refractivity contribution in [2.45, 2.75) is 44.3 Å². The predicted molar refractivity (Wildman–Crippen MR) is 166 cm³/mol. The van der Waals surface area contributed by atoms with Crippen molar-refractivity contribution < 1.29 is 14.3 Å². The Labute approximate surface area is 254 Å². The predicted octanol–water partition coefficient (Wildman–Crippen LogP) is 4.11. The maximum Gasteiger partial charge on any atom is 0.318 e. The SMILES string of the molecule is COc1nccc(Nc2ccc3cc(-c4nc5cc(C(=O)N6CC7CCC6[C@@H]7N)cc(OC)c5n4C)n(CC4CC4)c3n2)n1. The molecule has 1 amide bonds. The maximum atomic E-state index is 13.7. The van der Waals surface area contributed by atoms with Crippen molar-refractivity contribution in [2.24, 2.45) is 24.6 Å². The van der Waals surface area contributed by atoms with Crippen molar-refractivity contribution >= 4 is 39.6 Å². The minimum Gasteiger partial charge on any atom is -0.494 e. The number of carbonyl (C=O) groups excluding carboxylic acids is 1. The maximum absolute atomic E-state index is 13.7. The normalized spacial score (nSPS) is 21.0. The van der Waals surface area contributed by atoms with Gasteiger partial charge in [-0.25, -0.2) is 15.0 Å². The fourth-order valence-corrected chi connectivity index (χ4v) is 7.03. The summed E-state index contributed by atoms with van der Waals surface area (Å²) in [4.78, 5) is 34.2. The highest BCUT2D eigenvalue weighted by molar-refractivity contribution is 6.00. The summed E-state index contributed by atoms with van der Waals surface area (Å²) < 4.78 is 15.3. The Bertz CT molecular complexity index is 1930. The first-order valence-electron chi connectivity index (χ1n) is 15.2. The second-order valence-electron chi connectivity index (χ2n) is 12.2. The van der Waals surface area contributed by atoms with Gasteiger partial charge in [0.15, 0.2) is 5.82 Å². The van der Waals surface area contributed by atoms with Crippen molar-refractivity contribution in [2.75, 3.05) is 26.1 Å². The van der Waals surface area contributed by atoms with E-state index in [1.54, 1.807) is 19.4 Å². The number of aromatic nitrogens is 6. The number of pyridine rings is 1. The van der Waals surface area contributed by atoms with Gasteiger partial charge in [0.05, 0.1) is 25.4 Å². The van der Waals surface area contributed by atoms with Crippen LogP contribution in [0.3, 0.4) is 0 Å². The number of aryl methyl sites for hydroxylation is 1. The highest BCUT2D eigenvalue weighted by Crippen LogP contribution is 2.40. The number of fused-ring (bicyclic) bond motifs is 4. The molecule has 1 aliphatic heterocycles. The van der Waals surface area contributed by atoms with Crippen LogP contribution in [-0.2, 0) is 13.6 Å². The van der Waals surface area contributed by atoms with Gasteiger partial charge in [-0.15, -0.1) is 0 Å². The zero-order chi connectivity index (χ0) is 30.1. The van der Waals surface area contributed by atoms with Crippen LogP contribution in [0.15, 0.2) is 42.6 Å². The number of rotatable bonds is 8. The van der Waals surface area contributed by atoms with E-state index in [9.17, 15) is 4.79 Å². The molecule has 2 bridgehead atoms. The second-order valence-corrected chi connectivity index (χ2v) is 12.2. The van der Waals surface area contributed by atoms with Gasteiger partial charge in [-0.1, -0.05) is 0 Å². The molecule has 1 aromatic carbocycles. The largest absolute Gasteiger partial charge is 0.494 e. The molecule has 3 atom stereocenters. The molecule has 12 heteroatoms. The van der Waals surface area contributed by atoms with E-state index in [1.165, 1.54) is 20.0 Å². The molecule has 226 valence electrons. The lowest BCUT2D eigenvalue weighted by molar-refractivity contribution is 0.0700. The van der Waals surface area contributed by atoms with Crippen LogP contribution in [0.25, 0.3) is 33.6 Å². The number of amides is 1. The number of benzene rings is 1. The number of methoxy groups -OCH3 is 2. The van der Waals surface area contributed by atoms with Crippen LogP contribution in [0, 0.1) is 11.8 Å². The minimum absolute atomic E-state index is 0.00608. The summed E-state index contributed by atoms with van der Waals surface area (Å²) in [5, 5.41) is 4.30. The Balaban J connectivity index is 1.20. The van der Waals surface area contributed by atoms with E-state index in [0.717, 1.165) is 53.0 Å². The highest BCUT2D eigenvalue weighted by Gasteiger charge is 2.47. The fourth-order valence-electron chi connectivity index (χ4n) is 7.03. The molecular formula is C32H35N9O3. The van der Waals surface area contributed by atoms with Gasteiger partial charge in [-0.2, -0.15) is 4.98 Å². The second kappa shape index (κ2) is 10.2. The summed E-state index contributed by atoms with van der Waals surface area (Å²) in [6, 6.07) is 12.1. The molecule has 8 rings (SSSR count). The zero-order valence-electron chi connectivity index (χ0n) is 25.0. The van der Waals surface area contributed by atoms with E-state index in [-0.39, 0.29) is 24.0 Å². The third-order valence-electron chi connectivity index (χ3n) is 9.50. The first-order chi connectivity index (χ1) is 21.4. The number of ether oxygens (including phenoxy) is 2. The van der Waals surface area contributed by atoms with Gasteiger partial charge in [0.25, 0.3) is 5.91 Å². The molecule has 2 unspecified atom stereocenters. The molecular weight excluding hydrogens is 558 g/mol. The van der Waals surface area contributed by atoms with Gasteiger partial charge < -0.3 is 34.6 Å². The minimum atomic E-state index is -0.00608. The Morgan fingerprint density at radius 2 is 1.86 bits per heavy atom. The fraction of sp³-hybridized carbons (Fsp3) is 0.406. The molecule has 3 N–H and O–H groups in total. The lowest BCUT2D eigenvalue weighted by atomic mass is 10.1. The first-order valence-corrected chi connectivity index (χ1v) is 15.2. The van der Waals surface area contributed by atoms with Gasteiger partial charge in [-0.05, 0) is 73.9 Å². The molecule has 2 aliphatic carbocycles. The van der Waals surface area contributed by atoms with Crippen molar-refractivity contribution in [3.05, 3.63) is 48.2 Å². The van der Waals surface area contributed by atoms with Crippen molar-refractivity contribution in [3.8, 4) is 23.3 Å². The van der Waals surface area contributed by atoms with E-state index >= 15 is 0 Å². The summed E-state index contributed by atoms with van der Waals surface area (Å²) in [5.41, 5.74) is 10.4. The summed E-state index contributed by atoms with van der Waals surface area (Å²) in [7, 11) is 5.17. The van der Waals surface area contributed by atoms with Crippen LogP contribution in [0.4, 0.5) is 11.6 Å². The third-order valence-corrected chi connectivity index (χ3v) is 9.50. The monoisotopic (exact) mass is 593 g/mol. The molecule has 44 heavy (non-hydrogen) atoms. The molecule has 0 radical (unpaired) electrons. The number of nitrogens with two attached hydrogens (primary N) is 1. The van der Waals surface area contributed by atoms with Gasteiger partial charge in [0, 0.05) is 49.4 Å². The Hall–Kier alpha value is -4.71. The number of carbonyl (C=O) groups is 1. The first kappa shape index (κ1) is 26.9. The average Bonchev–Trinajstić information content (AvgIpc) is 3.45. The number of likely N-dealkylation sites (tertiary alicyclic amines) is 1. The number of nitrogens with one attached hydrogen (secondary N) is 1. The molecule has 1 saturated heterocycles. The molecule has 3 aliphatic rings. The standard InChI is InChI=1S/C32H35N9O3/c1-39-28-21(12-20(14-24(28)43-2)31(42)41-16-19-6-8-22(41)27(19)33)35-30(39)23-13-18-7-9-25(36-26-10-11-34-32(38-26)44-3)37-29(18)40(23)15-17-4-5-17/h7,9-14,17,19,22,27H,4-6,8,15-16,33H2,1-3H3,(H,34,36,37,38)/t19?,22?,27-/m1/s1. The quantitative estimate of drug-likeness (QED) is 0.272. The molecule has 5 aromatic rings. The van der Waals surface area contributed by atoms with Crippen molar-refractivity contribution in [1.29, 1.82) is 0 Å². The number of nitrogens with zero attached hydrogens (tertiary/aromatic N) is 7. The van der Waals surface area contributed by atoms with Crippen LogP contribution in [0.1, 0.15) is 36.0 Å². The van der Waals surface area contributed by atoms with Gasteiger partial charge in [0.1, 0.15) is 28.5 Å². The topological polar surface area (TPSA) is 138 Å². The molecule has 12 nitrogen and oxygen atoms in total. The van der Waals surface area contributed by atoms with E-state index in [0.29, 0.717) is 41.3 Å². The Kier molecular flexibility index (Phi) is 6.23. The van der Waals surface area contributed by atoms with E-state index in [4.69, 9.17) is 25.2 Å². The lowest BCUT2D eigenvalue weighted by Gasteiger charge is -2.27. The number of hydrogen-bond donors (Lipinski definition) is 2. The molecule has 0 spiro atoms. The van der Waals surface area contributed by atoms with Crippen LogP contribution < -0.4 is 20.5 Å². The van der Waals surface area contributed by atoms with Crippen LogP contribution in [-0.4, -0.2) is 72.7 Å². The third kappa shape index (κ3) is 4.35. The smallest absolute Gasteiger partial charge is 0.318 e. The van der Waals surface area contributed by atoms with E-state index in [2.05, 4.69) is 36.6 Å². The number of imidazole rings is 1. The van der Waals surface area contributed by atoms with Crippen LogP contribution in [0.2, 0.25) is 0 Å². The van der Waals surface area contributed by atoms with E-state index in [1.807, 2.05) is 30.1 Å². The molecule has 2 saturated carbocycles. The number of hydrogen-bond acceptors (Lipinski definition) is 9. The summed E-state index contributed by atoms with van der Waals surface area (Å²) in [6.45, 7) is 1.56. The van der Waals surface area contributed by atoms with Gasteiger partial charge >= 0.3 is 6.01 Å². The Morgan fingerprint density at radius 1 is 1.02 bits per heavy atom. The van der Waals surface area contributed by atoms with Gasteiger partial charge in [0.2, 0.25) is 0 Å².